The maximum Gasteiger partial charge on any atom is 0.147 e. The molecule has 1 unspecified atom stereocenters. The summed E-state index contributed by atoms with van der Waals surface area (Å²) in [5.41, 5.74) is 1.15. The highest BCUT2D eigenvalue weighted by atomic mass is 32.2. The number of rotatable bonds is 4. The lowest BCUT2D eigenvalue weighted by Gasteiger charge is -2.23. The van der Waals surface area contributed by atoms with Gasteiger partial charge in [-0.2, -0.15) is 0 Å². The first-order chi connectivity index (χ1) is 7.88. The van der Waals surface area contributed by atoms with Gasteiger partial charge in [-0.3, -0.25) is 0 Å². The van der Waals surface area contributed by atoms with Crippen LogP contribution in [0.25, 0.3) is 0 Å². The molecule has 1 N–H and O–H groups in total. The van der Waals surface area contributed by atoms with Crippen molar-refractivity contribution in [3.05, 3.63) is 24.3 Å². The highest BCUT2D eigenvalue weighted by molar-refractivity contribution is 7.98. The predicted octanol–water partition coefficient (Wildman–Crippen LogP) is 2.58. The standard InChI is InChI=1S/C12H17NO2S/c1-16-12-4-2-10(3-5-12)13-8-11-6-7-14-9-15-11/h2-5,11,13H,6-9H2,1H3. The molecule has 0 radical (unpaired) electrons. The molecule has 88 valence electrons. The third-order valence-corrected chi connectivity index (χ3v) is 3.34. The van der Waals surface area contributed by atoms with Gasteiger partial charge < -0.3 is 14.8 Å². The fourth-order valence-corrected chi connectivity index (χ4v) is 2.01. The zero-order chi connectivity index (χ0) is 11.2. The molecule has 1 aliphatic rings. The topological polar surface area (TPSA) is 30.5 Å². The molecule has 0 spiro atoms. The molecule has 1 aromatic rings. The lowest BCUT2D eigenvalue weighted by molar-refractivity contribution is -0.133. The van der Waals surface area contributed by atoms with E-state index in [0.717, 1.165) is 25.3 Å². The summed E-state index contributed by atoms with van der Waals surface area (Å²) in [4.78, 5) is 1.29. The van der Waals surface area contributed by atoms with Gasteiger partial charge in [-0.15, -0.1) is 11.8 Å². The molecule has 1 heterocycles. The van der Waals surface area contributed by atoms with Crippen LogP contribution in [0.1, 0.15) is 6.42 Å². The van der Waals surface area contributed by atoms with Crippen LogP contribution < -0.4 is 5.32 Å². The molecule has 3 nitrogen and oxygen atoms in total. The molecular weight excluding hydrogens is 222 g/mol. The lowest BCUT2D eigenvalue weighted by Crippen LogP contribution is -2.30. The number of nitrogens with one attached hydrogen (secondary N) is 1. The minimum atomic E-state index is 0.272. The highest BCUT2D eigenvalue weighted by Crippen LogP contribution is 2.17. The summed E-state index contributed by atoms with van der Waals surface area (Å²) >= 11 is 1.75. The van der Waals surface area contributed by atoms with Crippen molar-refractivity contribution in [1.29, 1.82) is 0 Å². The number of hydrogen-bond acceptors (Lipinski definition) is 4. The first-order valence-electron chi connectivity index (χ1n) is 5.46. The molecule has 0 amide bonds. The van der Waals surface area contributed by atoms with Crippen molar-refractivity contribution >= 4 is 17.4 Å². The van der Waals surface area contributed by atoms with E-state index in [2.05, 4.69) is 35.8 Å². The molecule has 1 saturated heterocycles. The Morgan fingerprint density at radius 2 is 2.19 bits per heavy atom. The Bertz CT molecular complexity index is 309. The summed E-state index contributed by atoms with van der Waals surface area (Å²) in [6.07, 6.45) is 3.32. The van der Waals surface area contributed by atoms with Crippen LogP contribution in [0, 0.1) is 0 Å². The van der Waals surface area contributed by atoms with E-state index < -0.39 is 0 Å². The summed E-state index contributed by atoms with van der Waals surface area (Å²) in [5.74, 6) is 0. The molecule has 4 heteroatoms. The fraction of sp³-hybridized carbons (Fsp3) is 0.500. The van der Waals surface area contributed by atoms with Crippen LogP contribution in [0.2, 0.25) is 0 Å². The van der Waals surface area contributed by atoms with Crippen LogP contribution in [0.4, 0.5) is 5.69 Å². The average Bonchev–Trinajstić information content (AvgIpc) is 2.38. The lowest BCUT2D eigenvalue weighted by atomic mass is 10.2. The van der Waals surface area contributed by atoms with Gasteiger partial charge in [0.15, 0.2) is 0 Å². The minimum absolute atomic E-state index is 0.272. The summed E-state index contributed by atoms with van der Waals surface area (Å²) in [6, 6.07) is 8.45. The van der Waals surface area contributed by atoms with Gasteiger partial charge in [-0.05, 0) is 36.9 Å². The van der Waals surface area contributed by atoms with Crippen LogP contribution in [0.5, 0.6) is 0 Å². The molecule has 1 aliphatic heterocycles. The van der Waals surface area contributed by atoms with E-state index >= 15 is 0 Å². The predicted molar refractivity (Wildman–Crippen MR) is 67.0 cm³/mol. The Labute approximate surface area is 101 Å². The molecule has 1 aromatic carbocycles. The van der Waals surface area contributed by atoms with E-state index in [0.29, 0.717) is 6.79 Å². The van der Waals surface area contributed by atoms with Crippen LogP contribution in [0.15, 0.2) is 29.2 Å². The van der Waals surface area contributed by atoms with Crippen LogP contribution in [0.3, 0.4) is 0 Å². The first kappa shape index (κ1) is 11.8. The number of thioether (sulfide) groups is 1. The average molecular weight is 239 g/mol. The normalized spacial score (nSPS) is 20.7. The van der Waals surface area contributed by atoms with E-state index in [4.69, 9.17) is 9.47 Å². The van der Waals surface area contributed by atoms with Crippen molar-refractivity contribution < 1.29 is 9.47 Å². The largest absolute Gasteiger partial charge is 0.382 e. The van der Waals surface area contributed by atoms with E-state index in [1.54, 1.807) is 11.8 Å². The Balaban J connectivity index is 1.79. The van der Waals surface area contributed by atoms with Crippen molar-refractivity contribution in [2.75, 3.05) is 31.5 Å². The summed E-state index contributed by atoms with van der Waals surface area (Å²) in [7, 11) is 0. The van der Waals surface area contributed by atoms with E-state index in [9.17, 15) is 0 Å². The van der Waals surface area contributed by atoms with E-state index in [1.165, 1.54) is 4.90 Å². The van der Waals surface area contributed by atoms with Gasteiger partial charge >= 0.3 is 0 Å². The van der Waals surface area contributed by atoms with Gasteiger partial charge in [0.1, 0.15) is 6.79 Å². The molecular formula is C12H17NO2S. The van der Waals surface area contributed by atoms with Crippen molar-refractivity contribution in [1.82, 2.24) is 0 Å². The third-order valence-electron chi connectivity index (χ3n) is 2.60. The van der Waals surface area contributed by atoms with Crippen molar-refractivity contribution in [3.8, 4) is 0 Å². The molecule has 2 rings (SSSR count). The van der Waals surface area contributed by atoms with E-state index in [1.807, 2.05) is 0 Å². The number of benzene rings is 1. The van der Waals surface area contributed by atoms with Crippen LogP contribution >= 0.6 is 11.8 Å². The Hall–Kier alpha value is -0.710. The fourth-order valence-electron chi connectivity index (χ4n) is 1.60. The van der Waals surface area contributed by atoms with Gasteiger partial charge in [0.25, 0.3) is 0 Å². The van der Waals surface area contributed by atoms with Gasteiger partial charge in [-0.25, -0.2) is 0 Å². The Morgan fingerprint density at radius 3 is 2.81 bits per heavy atom. The second kappa shape index (κ2) is 6.13. The molecule has 0 aliphatic carbocycles. The number of anilines is 1. The van der Waals surface area contributed by atoms with Gasteiger partial charge in [0.05, 0.1) is 12.7 Å². The molecule has 16 heavy (non-hydrogen) atoms. The first-order valence-corrected chi connectivity index (χ1v) is 6.68. The van der Waals surface area contributed by atoms with Crippen LogP contribution in [-0.4, -0.2) is 32.3 Å². The Morgan fingerprint density at radius 1 is 1.38 bits per heavy atom. The third kappa shape index (κ3) is 3.40. The monoisotopic (exact) mass is 239 g/mol. The zero-order valence-corrected chi connectivity index (χ0v) is 10.3. The zero-order valence-electron chi connectivity index (χ0n) is 9.44. The summed E-state index contributed by atoms with van der Waals surface area (Å²) in [6.45, 7) is 2.08. The molecule has 0 bridgehead atoms. The van der Waals surface area contributed by atoms with Crippen molar-refractivity contribution in [2.45, 2.75) is 17.4 Å². The smallest absolute Gasteiger partial charge is 0.147 e. The summed E-state index contributed by atoms with van der Waals surface area (Å²) < 4.78 is 10.6. The highest BCUT2D eigenvalue weighted by Gasteiger charge is 2.13. The molecule has 1 fully saturated rings. The number of ether oxygens (including phenoxy) is 2. The Kier molecular flexibility index (Phi) is 4.51. The quantitative estimate of drug-likeness (QED) is 0.818. The molecule has 0 aromatic heterocycles. The molecule has 0 saturated carbocycles. The maximum atomic E-state index is 5.46. The SMILES string of the molecule is CSc1ccc(NCC2CCOCO2)cc1. The second-order valence-corrected chi connectivity index (χ2v) is 4.59. The summed E-state index contributed by atoms with van der Waals surface area (Å²) in [5, 5.41) is 3.38. The number of hydrogen-bond donors (Lipinski definition) is 1. The van der Waals surface area contributed by atoms with Crippen molar-refractivity contribution in [3.63, 3.8) is 0 Å². The van der Waals surface area contributed by atoms with Gasteiger partial charge in [-0.1, -0.05) is 0 Å². The van der Waals surface area contributed by atoms with Gasteiger partial charge in [0, 0.05) is 17.1 Å². The minimum Gasteiger partial charge on any atom is -0.382 e. The van der Waals surface area contributed by atoms with Gasteiger partial charge in [0.2, 0.25) is 0 Å². The van der Waals surface area contributed by atoms with E-state index in [-0.39, 0.29) is 6.10 Å². The van der Waals surface area contributed by atoms with Crippen molar-refractivity contribution in [2.24, 2.45) is 0 Å². The second-order valence-electron chi connectivity index (χ2n) is 3.71. The molecule has 1 atom stereocenters. The maximum absolute atomic E-state index is 5.46. The van der Waals surface area contributed by atoms with Crippen LogP contribution in [-0.2, 0) is 9.47 Å².